The summed E-state index contributed by atoms with van der Waals surface area (Å²) in [5, 5.41) is 8.24. The molecule has 5 N–H and O–H groups in total. The van der Waals surface area contributed by atoms with Gasteiger partial charge in [-0.3, -0.25) is 9.59 Å². The van der Waals surface area contributed by atoms with Crippen LogP contribution < -0.4 is 11.5 Å². The molecule has 88 valence electrons. The summed E-state index contributed by atoms with van der Waals surface area (Å²) >= 11 is 0. The van der Waals surface area contributed by atoms with Crippen molar-refractivity contribution in [1.29, 1.82) is 0 Å². The molecule has 15 heavy (non-hydrogen) atoms. The fraction of sp³-hybridized carbons (Fsp3) is 0.600. The lowest BCUT2D eigenvalue weighted by Gasteiger charge is -1.92. The number of allylic oxidation sites excluding steroid dienone is 1. The van der Waals surface area contributed by atoms with Crippen molar-refractivity contribution in [2.75, 3.05) is 0 Å². The molecule has 0 bridgehead atoms. The van der Waals surface area contributed by atoms with Gasteiger partial charge in [0.15, 0.2) is 0 Å². The van der Waals surface area contributed by atoms with Crippen LogP contribution in [0.25, 0.3) is 0 Å². The molecule has 5 nitrogen and oxygen atoms in total. The van der Waals surface area contributed by atoms with E-state index in [9.17, 15) is 9.59 Å². The topological polar surface area (TPSA) is 106 Å². The predicted octanol–water partition coefficient (Wildman–Crippen LogP) is 0.986. The Morgan fingerprint density at radius 3 is 2.00 bits per heavy atom. The highest BCUT2D eigenvalue weighted by Gasteiger charge is 1.96. The first-order valence-electron chi connectivity index (χ1n) is 4.94. The van der Waals surface area contributed by atoms with Crippen molar-refractivity contribution < 1.29 is 14.7 Å². The van der Waals surface area contributed by atoms with Crippen LogP contribution in [0.1, 0.15) is 39.0 Å². The van der Waals surface area contributed by atoms with E-state index in [1.165, 1.54) is 25.7 Å². The number of primary amides is 2. The van der Waals surface area contributed by atoms with Crippen molar-refractivity contribution in [1.82, 2.24) is 0 Å². The number of carbonyl (C=O) groups excluding carboxylic acids is 2. The van der Waals surface area contributed by atoms with Gasteiger partial charge >= 0.3 is 11.8 Å². The van der Waals surface area contributed by atoms with Crippen molar-refractivity contribution in [3.63, 3.8) is 0 Å². The lowest BCUT2D eigenvalue weighted by atomic mass is 10.2. The van der Waals surface area contributed by atoms with E-state index in [1.54, 1.807) is 6.08 Å². The molecule has 0 heterocycles. The number of unbranched alkanes of at least 4 members (excludes halogenated alkanes) is 4. The Balaban J connectivity index is 0. The summed E-state index contributed by atoms with van der Waals surface area (Å²) in [6.45, 7) is 2.20. The molecule has 0 saturated heterocycles. The van der Waals surface area contributed by atoms with Gasteiger partial charge in [-0.1, -0.05) is 32.3 Å². The summed E-state index contributed by atoms with van der Waals surface area (Å²) in [7, 11) is 0. The fourth-order valence-corrected chi connectivity index (χ4v) is 0.764. The van der Waals surface area contributed by atoms with Crippen molar-refractivity contribution >= 4 is 11.8 Å². The van der Waals surface area contributed by atoms with Crippen molar-refractivity contribution in [3.8, 4) is 0 Å². The molecular formula is C10H20N2O3. The highest BCUT2D eigenvalue weighted by Crippen LogP contribution is 2.01. The van der Waals surface area contributed by atoms with Crippen LogP contribution in [0.2, 0.25) is 0 Å². The summed E-state index contributed by atoms with van der Waals surface area (Å²) in [4.78, 5) is 18.9. The SMILES string of the molecule is CCCCCC/C=C/O.NC(=O)C(N)=O. The second-order valence-electron chi connectivity index (χ2n) is 2.96. The van der Waals surface area contributed by atoms with E-state index < -0.39 is 11.8 Å². The molecule has 0 radical (unpaired) electrons. The monoisotopic (exact) mass is 216 g/mol. The molecule has 0 aliphatic heterocycles. The van der Waals surface area contributed by atoms with Crippen LogP contribution in [-0.2, 0) is 9.59 Å². The average Bonchev–Trinajstić information content (AvgIpc) is 2.18. The Hall–Kier alpha value is -1.52. The molecule has 0 aromatic heterocycles. The number of hydrogen-bond acceptors (Lipinski definition) is 3. The van der Waals surface area contributed by atoms with Gasteiger partial charge in [0.1, 0.15) is 0 Å². The number of nitrogens with two attached hydrogens (primary N) is 2. The largest absolute Gasteiger partial charge is 0.516 e. The molecule has 0 spiro atoms. The molecule has 0 fully saturated rings. The Kier molecular flexibility index (Phi) is 13.3. The second kappa shape index (κ2) is 12.5. The van der Waals surface area contributed by atoms with Crippen LogP contribution in [0.3, 0.4) is 0 Å². The van der Waals surface area contributed by atoms with Crippen molar-refractivity contribution in [3.05, 3.63) is 12.3 Å². The molecular weight excluding hydrogens is 196 g/mol. The van der Waals surface area contributed by atoms with Crippen molar-refractivity contribution in [2.24, 2.45) is 11.5 Å². The molecule has 0 rings (SSSR count). The van der Waals surface area contributed by atoms with Gasteiger partial charge in [0.2, 0.25) is 0 Å². The lowest BCUT2D eigenvalue weighted by Crippen LogP contribution is -2.29. The van der Waals surface area contributed by atoms with E-state index in [-0.39, 0.29) is 0 Å². The highest BCUT2D eigenvalue weighted by molar-refractivity contribution is 6.33. The zero-order valence-corrected chi connectivity index (χ0v) is 9.11. The van der Waals surface area contributed by atoms with Crippen LogP contribution in [0.15, 0.2) is 12.3 Å². The summed E-state index contributed by atoms with van der Waals surface area (Å²) in [6.07, 6.45) is 9.06. The summed E-state index contributed by atoms with van der Waals surface area (Å²) in [5.41, 5.74) is 8.64. The lowest BCUT2D eigenvalue weighted by molar-refractivity contribution is -0.135. The number of carbonyl (C=O) groups is 2. The van der Waals surface area contributed by atoms with E-state index in [4.69, 9.17) is 5.11 Å². The normalized spacial score (nSPS) is 9.40. The predicted molar refractivity (Wildman–Crippen MR) is 58.9 cm³/mol. The van der Waals surface area contributed by atoms with E-state index >= 15 is 0 Å². The first-order chi connectivity index (χ1) is 7.06. The number of hydrogen-bond donors (Lipinski definition) is 3. The van der Waals surface area contributed by atoms with Crippen LogP contribution in [0.4, 0.5) is 0 Å². The van der Waals surface area contributed by atoms with Gasteiger partial charge in [0.05, 0.1) is 6.26 Å². The van der Waals surface area contributed by atoms with Gasteiger partial charge in [0, 0.05) is 0 Å². The van der Waals surface area contributed by atoms with E-state index in [0.29, 0.717) is 0 Å². The fourth-order valence-electron chi connectivity index (χ4n) is 0.764. The standard InChI is InChI=1S/C8H16O.C2H4N2O2/c1-2-3-4-5-6-7-8-9;3-1(5)2(4)6/h7-9H,2-6H2,1H3;(H2,3,5)(H2,4,6)/b8-7+;. The van der Waals surface area contributed by atoms with Gasteiger partial charge in [-0.05, 0) is 12.8 Å². The van der Waals surface area contributed by atoms with Crippen LogP contribution in [-0.4, -0.2) is 16.9 Å². The molecule has 5 heteroatoms. The zero-order valence-electron chi connectivity index (χ0n) is 9.11. The Morgan fingerprint density at radius 2 is 1.67 bits per heavy atom. The maximum Gasteiger partial charge on any atom is 0.306 e. The van der Waals surface area contributed by atoms with Crippen LogP contribution in [0, 0.1) is 0 Å². The third kappa shape index (κ3) is 19.1. The minimum Gasteiger partial charge on any atom is -0.516 e. The quantitative estimate of drug-likeness (QED) is 0.362. The summed E-state index contributed by atoms with van der Waals surface area (Å²) in [5.74, 6) is -2.20. The van der Waals surface area contributed by atoms with E-state index in [1.807, 2.05) is 0 Å². The summed E-state index contributed by atoms with van der Waals surface area (Å²) < 4.78 is 0. The molecule has 0 aliphatic rings. The molecule has 0 atom stereocenters. The summed E-state index contributed by atoms with van der Waals surface area (Å²) in [6, 6.07) is 0. The van der Waals surface area contributed by atoms with Crippen LogP contribution >= 0.6 is 0 Å². The maximum atomic E-state index is 9.45. The molecule has 0 aromatic carbocycles. The number of rotatable bonds is 5. The van der Waals surface area contributed by atoms with E-state index in [0.717, 1.165) is 12.7 Å². The number of aliphatic hydroxyl groups excluding tert-OH is 1. The van der Waals surface area contributed by atoms with Gasteiger partial charge in [-0.15, -0.1) is 0 Å². The Bertz CT molecular complexity index is 191. The first-order valence-corrected chi connectivity index (χ1v) is 4.94. The molecule has 0 unspecified atom stereocenters. The van der Waals surface area contributed by atoms with E-state index in [2.05, 4.69) is 18.4 Å². The molecule has 0 aliphatic carbocycles. The average molecular weight is 216 g/mol. The van der Waals surface area contributed by atoms with Gasteiger partial charge in [0.25, 0.3) is 0 Å². The Morgan fingerprint density at radius 1 is 1.13 bits per heavy atom. The van der Waals surface area contributed by atoms with Crippen LogP contribution in [0.5, 0.6) is 0 Å². The third-order valence-electron chi connectivity index (χ3n) is 1.57. The molecule has 0 aromatic rings. The minimum atomic E-state index is -1.10. The first kappa shape index (κ1) is 15.9. The van der Waals surface area contributed by atoms with Gasteiger partial charge in [-0.25, -0.2) is 0 Å². The van der Waals surface area contributed by atoms with Gasteiger partial charge in [-0.2, -0.15) is 0 Å². The van der Waals surface area contributed by atoms with Gasteiger partial charge < -0.3 is 16.6 Å². The molecule has 2 amide bonds. The minimum absolute atomic E-state index is 1.02. The number of amides is 2. The van der Waals surface area contributed by atoms with Crippen molar-refractivity contribution in [2.45, 2.75) is 39.0 Å². The maximum absolute atomic E-state index is 9.45. The molecule has 0 saturated carbocycles. The third-order valence-corrected chi connectivity index (χ3v) is 1.57. The zero-order chi connectivity index (χ0) is 12.1. The second-order valence-corrected chi connectivity index (χ2v) is 2.96. The smallest absolute Gasteiger partial charge is 0.306 e. The number of aliphatic hydroxyl groups is 1. The highest BCUT2D eigenvalue weighted by atomic mass is 16.2. The Labute approximate surface area is 90.1 Å².